The molecule has 2 aromatic carbocycles. The predicted molar refractivity (Wildman–Crippen MR) is 116 cm³/mol. The maximum Gasteiger partial charge on any atom is 0.220 e. The molecule has 26 heavy (non-hydrogen) atoms. The third-order valence-electron chi connectivity index (χ3n) is 4.05. The van der Waals surface area contributed by atoms with Gasteiger partial charge in [0.05, 0.1) is 0 Å². The zero-order chi connectivity index (χ0) is 18.9. The summed E-state index contributed by atoms with van der Waals surface area (Å²) in [7, 11) is 0. The molecule has 0 spiro atoms. The Bertz CT molecular complexity index is 743. The molecule has 0 aliphatic carbocycles. The summed E-state index contributed by atoms with van der Waals surface area (Å²) in [4.78, 5) is 16.5. The van der Waals surface area contributed by atoms with Crippen LogP contribution < -0.4 is 0 Å². The average Bonchev–Trinajstić information content (AvgIpc) is 2.63. The van der Waals surface area contributed by atoms with Crippen LogP contribution in [0.2, 0.25) is 0 Å². The third kappa shape index (κ3) is 6.37. The summed E-state index contributed by atoms with van der Waals surface area (Å²) in [6.07, 6.45) is 3.82. The maximum absolute atomic E-state index is 13.0. The molecule has 0 bridgehead atoms. The average molecular weight is 385 g/mol. The first-order chi connectivity index (χ1) is 12.5. The van der Waals surface area contributed by atoms with Crippen molar-refractivity contribution in [2.24, 2.45) is 0 Å². The molecule has 138 valence electrons. The fourth-order valence-electron chi connectivity index (χ4n) is 2.62. The van der Waals surface area contributed by atoms with Gasteiger partial charge in [0.25, 0.3) is 0 Å². The van der Waals surface area contributed by atoms with E-state index in [0.717, 1.165) is 36.2 Å². The van der Waals surface area contributed by atoms with Crippen molar-refractivity contribution in [2.45, 2.75) is 63.2 Å². The highest BCUT2D eigenvalue weighted by molar-refractivity contribution is 8.14. The highest BCUT2D eigenvalue weighted by Gasteiger charge is 2.17. The highest BCUT2D eigenvalue weighted by Crippen LogP contribution is 2.36. The van der Waals surface area contributed by atoms with E-state index in [0.29, 0.717) is 0 Å². The molecule has 0 aliphatic heterocycles. The van der Waals surface area contributed by atoms with Gasteiger partial charge in [0, 0.05) is 15.4 Å². The molecule has 1 nitrogen and oxygen atoms in total. The first-order valence-corrected chi connectivity index (χ1v) is 10.9. The quantitative estimate of drug-likeness (QED) is 0.345. The number of allylic oxidation sites excluding steroid dienone is 1. The Kier molecular flexibility index (Phi) is 8.53. The molecule has 0 saturated heterocycles. The normalized spacial score (nSPS) is 12.0. The van der Waals surface area contributed by atoms with Crippen molar-refractivity contribution in [3.05, 3.63) is 70.1 Å². The number of rotatable bonds is 8. The van der Waals surface area contributed by atoms with Gasteiger partial charge in [-0.3, -0.25) is 4.79 Å². The summed E-state index contributed by atoms with van der Waals surface area (Å²) in [5.41, 5.74) is 3.47. The fourth-order valence-corrected chi connectivity index (χ4v) is 4.70. The van der Waals surface area contributed by atoms with E-state index in [4.69, 9.17) is 0 Å². The van der Waals surface area contributed by atoms with Gasteiger partial charge in [-0.1, -0.05) is 73.8 Å². The summed E-state index contributed by atoms with van der Waals surface area (Å²) in [6.45, 7) is 8.48. The van der Waals surface area contributed by atoms with Gasteiger partial charge in [-0.05, 0) is 67.6 Å². The zero-order valence-corrected chi connectivity index (χ0v) is 17.8. The second-order valence-corrected chi connectivity index (χ2v) is 8.73. The highest BCUT2D eigenvalue weighted by atomic mass is 32.2. The summed E-state index contributed by atoms with van der Waals surface area (Å²) < 4.78 is 0. The van der Waals surface area contributed by atoms with Crippen LogP contribution in [0.4, 0.5) is 0 Å². The Morgan fingerprint density at radius 2 is 1.19 bits per heavy atom. The van der Waals surface area contributed by atoms with Gasteiger partial charge in [0.15, 0.2) is 0 Å². The van der Waals surface area contributed by atoms with Gasteiger partial charge < -0.3 is 0 Å². The molecule has 0 aromatic heterocycles. The van der Waals surface area contributed by atoms with Gasteiger partial charge in [-0.25, -0.2) is 0 Å². The van der Waals surface area contributed by atoms with E-state index in [1.807, 2.05) is 12.1 Å². The number of benzene rings is 2. The Labute approximate surface area is 166 Å². The molecule has 2 rings (SSSR count). The van der Waals surface area contributed by atoms with Gasteiger partial charge in [-0.2, -0.15) is 0 Å². The molecule has 0 radical (unpaired) electrons. The van der Waals surface area contributed by atoms with Crippen LogP contribution in [0.1, 0.15) is 50.7 Å². The number of hydrogen-bond donors (Lipinski definition) is 0. The molecule has 0 heterocycles. The lowest BCUT2D eigenvalue weighted by Crippen LogP contribution is -2.01. The third-order valence-corrected chi connectivity index (χ3v) is 6.20. The van der Waals surface area contributed by atoms with Gasteiger partial charge >= 0.3 is 0 Å². The van der Waals surface area contributed by atoms with Gasteiger partial charge in [0.2, 0.25) is 5.12 Å². The minimum Gasteiger partial charge on any atom is -0.282 e. The minimum atomic E-state index is 0.193. The lowest BCUT2D eigenvalue weighted by molar-refractivity contribution is -0.108. The van der Waals surface area contributed by atoms with Crippen molar-refractivity contribution in [1.29, 1.82) is 0 Å². The molecule has 0 N–H and O–H groups in total. The second-order valence-electron chi connectivity index (χ2n) is 6.52. The Hall–Kier alpha value is -1.45. The van der Waals surface area contributed by atoms with E-state index in [1.165, 1.54) is 32.7 Å². The van der Waals surface area contributed by atoms with E-state index < -0.39 is 0 Å². The number of carbonyl (C=O) groups is 1. The summed E-state index contributed by atoms with van der Waals surface area (Å²) >= 11 is 3.11. The van der Waals surface area contributed by atoms with Crippen molar-refractivity contribution in [3.63, 3.8) is 0 Å². The van der Waals surface area contributed by atoms with Crippen LogP contribution in [0, 0.1) is 13.8 Å². The van der Waals surface area contributed by atoms with Crippen LogP contribution >= 0.6 is 23.5 Å². The Morgan fingerprint density at radius 3 is 1.65 bits per heavy atom. The molecule has 0 saturated carbocycles. The monoisotopic (exact) mass is 384 g/mol. The van der Waals surface area contributed by atoms with Crippen molar-refractivity contribution < 1.29 is 4.79 Å². The van der Waals surface area contributed by atoms with Crippen LogP contribution in [-0.4, -0.2) is 5.12 Å². The zero-order valence-electron chi connectivity index (χ0n) is 16.2. The first kappa shape index (κ1) is 20.9. The molecule has 0 atom stereocenters. The van der Waals surface area contributed by atoms with E-state index in [9.17, 15) is 4.79 Å². The van der Waals surface area contributed by atoms with Crippen LogP contribution in [0.5, 0.6) is 0 Å². The SMILES string of the molecule is CCC/C(Sc1ccc(C)cc1)=C(\CCC)C(=O)Sc1ccc(C)cc1. The number of hydrogen-bond acceptors (Lipinski definition) is 3. The molecule has 3 heteroatoms. The first-order valence-electron chi connectivity index (χ1n) is 9.28. The van der Waals surface area contributed by atoms with Crippen molar-refractivity contribution in [2.75, 3.05) is 0 Å². The lowest BCUT2D eigenvalue weighted by Gasteiger charge is -2.14. The van der Waals surface area contributed by atoms with Crippen LogP contribution in [0.25, 0.3) is 0 Å². The number of carbonyl (C=O) groups excluding carboxylic acids is 1. The standard InChI is InChI=1S/C23H28OS2/c1-5-7-21(23(24)26-20-15-11-18(4)12-16-20)22(8-6-2)25-19-13-9-17(3)10-14-19/h9-16H,5-8H2,1-4H3/b22-21-. The summed E-state index contributed by atoms with van der Waals surface area (Å²) in [6, 6.07) is 16.8. The number of aryl methyl sites for hydroxylation is 2. The van der Waals surface area contributed by atoms with Crippen molar-refractivity contribution in [3.8, 4) is 0 Å². The van der Waals surface area contributed by atoms with Crippen LogP contribution in [0.15, 0.2) is 68.8 Å². The summed E-state index contributed by atoms with van der Waals surface area (Å²) in [5, 5.41) is 0.193. The molecule has 0 amide bonds. The molecular weight excluding hydrogens is 356 g/mol. The molecule has 0 unspecified atom stereocenters. The largest absolute Gasteiger partial charge is 0.282 e. The molecule has 0 aliphatic rings. The van der Waals surface area contributed by atoms with E-state index >= 15 is 0 Å². The fraction of sp³-hybridized carbons (Fsp3) is 0.348. The Morgan fingerprint density at radius 1 is 0.731 bits per heavy atom. The van der Waals surface area contributed by atoms with Crippen LogP contribution in [-0.2, 0) is 4.79 Å². The van der Waals surface area contributed by atoms with E-state index in [1.54, 1.807) is 11.8 Å². The smallest absolute Gasteiger partial charge is 0.220 e. The topological polar surface area (TPSA) is 17.1 Å². The number of thioether (sulfide) groups is 2. The van der Waals surface area contributed by atoms with Crippen molar-refractivity contribution in [1.82, 2.24) is 0 Å². The van der Waals surface area contributed by atoms with Crippen molar-refractivity contribution >= 4 is 28.6 Å². The molecular formula is C23H28OS2. The van der Waals surface area contributed by atoms with Gasteiger partial charge in [-0.15, -0.1) is 0 Å². The summed E-state index contributed by atoms with van der Waals surface area (Å²) in [5.74, 6) is 0. The second kappa shape index (κ2) is 10.6. The van der Waals surface area contributed by atoms with Gasteiger partial charge in [0.1, 0.15) is 0 Å². The molecule has 2 aromatic rings. The lowest BCUT2D eigenvalue weighted by atomic mass is 10.1. The van der Waals surface area contributed by atoms with E-state index in [-0.39, 0.29) is 5.12 Å². The van der Waals surface area contributed by atoms with E-state index in [2.05, 4.69) is 64.1 Å². The van der Waals surface area contributed by atoms with Crippen LogP contribution in [0.3, 0.4) is 0 Å². The maximum atomic E-state index is 13.0. The Balaban J connectivity index is 2.27. The predicted octanol–water partition coefficient (Wildman–Crippen LogP) is 7.57. The minimum absolute atomic E-state index is 0.193. The molecule has 0 fully saturated rings.